The predicted octanol–water partition coefficient (Wildman–Crippen LogP) is 1.07. The first-order chi connectivity index (χ1) is 7.87. The fourth-order valence-corrected chi connectivity index (χ4v) is 2.31. The van der Waals surface area contributed by atoms with Gasteiger partial charge in [-0.15, -0.1) is 12.6 Å². The van der Waals surface area contributed by atoms with Crippen molar-refractivity contribution in [1.29, 1.82) is 0 Å². The molecule has 0 heterocycles. The Morgan fingerprint density at radius 3 is 2.28 bits per heavy atom. The molecule has 0 radical (unpaired) electrons. The Morgan fingerprint density at radius 2 is 1.89 bits per heavy atom. The van der Waals surface area contributed by atoms with Crippen LogP contribution in [0, 0.1) is 0 Å². The van der Waals surface area contributed by atoms with Gasteiger partial charge in [0.15, 0.2) is 4.93 Å². The lowest BCUT2D eigenvalue weighted by Crippen LogP contribution is -2.33. The maximum Gasteiger partial charge on any atom is 0.472 e. The Labute approximate surface area is 112 Å². The van der Waals surface area contributed by atoms with Gasteiger partial charge in [0, 0.05) is 0 Å². The largest absolute Gasteiger partial charge is 0.472 e. The maximum atomic E-state index is 11.5. The summed E-state index contributed by atoms with van der Waals surface area (Å²) in [7, 11) is -4.23. The Bertz CT molecular complexity index is 340. The summed E-state index contributed by atoms with van der Waals surface area (Å²) in [5.74, 6) is -0.694. The van der Waals surface area contributed by atoms with Crippen LogP contribution in [0.1, 0.15) is 27.7 Å². The van der Waals surface area contributed by atoms with Gasteiger partial charge in [0.25, 0.3) is 0 Å². The normalized spacial score (nSPS) is 18.8. The first-order valence-electron chi connectivity index (χ1n) is 5.19. The smallest absolute Gasteiger partial charge is 0.445 e. The molecule has 3 N–H and O–H groups in total. The predicted molar refractivity (Wildman–Crippen MR) is 69.2 cm³/mol. The van der Waals surface area contributed by atoms with Crippen molar-refractivity contribution in [3.05, 3.63) is 0 Å². The quantitative estimate of drug-likeness (QED) is 0.291. The molecule has 0 saturated heterocycles. The first kappa shape index (κ1) is 17.9. The third-order valence-electron chi connectivity index (χ3n) is 1.39. The van der Waals surface area contributed by atoms with E-state index in [9.17, 15) is 14.3 Å². The molecule has 0 amide bonds. The van der Waals surface area contributed by atoms with Crippen molar-refractivity contribution in [2.45, 2.75) is 38.2 Å². The van der Waals surface area contributed by atoms with E-state index >= 15 is 0 Å². The van der Waals surface area contributed by atoms with Gasteiger partial charge in [0.1, 0.15) is 6.61 Å². The van der Waals surface area contributed by atoms with Gasteiger partial charge < -0.3 is 15.4 Å². The minimum absolute atomic E-state index is 0.314. The van der Waals surface area contributed by atoms with E-state index in [1.165, 1.54) is 6.92 Å². The number of phosphoric ester groups is 1. The highest BCUT2D eigenvalue weighted by Gasteiger charge is 2.33. The fourth-order valence-electron chi connectivity index (χ4n) is 0.890. The lowest BCUT2D eigenvalue weighted by molar-refractivity contribution is -0.150. The first-order valence-corrected chi connectivity index (χ1v) is 7.13. The molecule has 0 saturated carbocycles. The number of hydrogen-bond acceptors (Lipinski definition) is 7. The monoisotopic (exact) mass is 301 g/mol. The van der Waals surface area contributed by atoms with Crippen molar-refractivity contribution in [3.63, 3.8) is 0 Å². The summed E-state index contributed by atoms with van der Waals surface area (Å²) in [6, 6.07) is 0. The van der Waals surface area contributed by atoms with Crippen molar-refractivity contribution in [3.8, 4) is 0 Å². The van der Waals surface area contributed by atoms with Crippen LogP contribution in [0.5, 0.6) is 0 Å². The number of phosphoric acid groups is 1. The Hall–Kier alpha value is -0.110. The van der Waals surface area contributed by atoms with Gasteiger partial charge in [-0.2, -0.15) is 0 Å². The van der Waals surface area contributed by atoms with Crippen molar-refractivity contribution in [2.24, 2.45) is 5.73 Å². The second-order valence-corrected chi connectivity index (χ2v) is 7.12. The van der Waals surface area contributed by atoms with E-state index in [0.29, 0.717) is 0 Å². The highest BCUT2D eigenvalue weighted by atomic mass is 32.1. The molecule has 7 nitrogen and oxygen atoms in total. The summed E-state index contributed by atoms with van der Waals surface area (Å²) >= 11 is 3.99. The molecule has 0 aromatic carbocycles. The van der Waals surface area contributed by atoms with Crippen LogP contribution in [-0.2, 0) is 23.1 Å². The van der Waals surface area contributed by atoms with Crippen LogP contribution in [0.4, 0.5) is 0 Å². The van der Waals surface area contributed by atoms with Crippen molar-refractivity contribution < 1.29 is 28.0 Å². The highest BCUT2D eigenvalue weighted by Crippen LogP contribution is 2.48. The van der Waals surface area contributed by atoms with E-state index in [0.717, 1.165) is 0 Å². The molecule has 2 unspecified atom stereocenters. The van der Waals surface area contributed by atoms with E-state index in [-0.39, 0.29) is 6.54 Å². The maximum absolute atomic E-state index is 11.5. The van der Waals surface area contributed by atoms with Crippen LogP contribution >= 0.6 is 20.5 Å². The summed E-state index contributed by atoms with van der Waals surface area (Å²) in [6.45, 7) is 5.49. The molecule has 0 aliphatic heterocycles. The molecule has 2 atom stereocenters. The molecule has 0 aliphatic carbocycles. The van der Waals surface area contributed by atoms with Gasteiger partial charge in [-0.3, -0.25) is 13.8 Å². The summed E-state index contributed by atoms with van der Waals surface area (Å²) < 4.78 is 25.9. The van der Waals surface area contributed by atoms with E-state index in [2.05, 4.69) is 12.6 Å². The molecule has 18 heavy (non-hydrogen) atoms. The average Bonchev–Trinajstić information content (AvgIpc) is 2.11. The topological polar surface area (TPSA) is 108 Å². The van der Waals surface area contributed by atoms with Crippen LogP contribution in [0.3, 0.4) is 0 Å². The van der Waals surface area contributed by atoms with E-state index in [4.69, 9.17) is 19.5 Å². The van der Waals surface area contributed by atoms with Crippen LogP contribution in [-0.4, -0.2) is 34.5 Å². The molecule has 108 valence electrons. The number of nitrogens with two attached hydrogens (primary N) is 1. The van der Waals surface area contributed by atoms with Gasteiger partial charge in [-0.05, 0) is 27.7 Å². The van der Waals surface area contributed by atoms with Gasteiger partial charge in [0.05, 0.1) is 12.1 Å². The Morgan fingerprint density at radius 1 is 1.39 bits per heavy atom. The van der Waals surface area contributed by atoms with Crippen LogP contribution in [0.2, 0.25) is 0 Å². The van der Waals surface area contributed by atoms with Crippen molar-refractivity contribution in [1.82, 2.24) is 0 Å². The number of thiol groups is 1. The zero-order chi connectivity index (χ0) is 14.6. The van der Waals surface area contributed by atoms with Crippen molar-refractivity contribution in [2.75, 3.05) is 13.2 Å². The average molecular weight is 301 g/mol. The van der Waals surface area contributed by atoms with Crippen LogP contribution in [0.25, 0.3) is 0 Å². The van der Waals surface area contributed by atoms with Gasteiger partial charge in [-0.1, -0.05) is 0 Å². The molecule has 0 bridgehead atoms. The zero-order valence-corrected chi connectivity index (χ0v) is 12.7. The molecule has 0 aromatic rings. The van der Waals surface area contributed by atoms with Crippen molar-refractivity contribution >= 4 is 26.4 Å². The molecular formula is C9H20NO6PS. The number of rotatable bonds is 6. The summed E-state index contributed by atoms with van der Waals surface area (Å²) in [4.78, 5) is 19.0. The SMILES string of the molecule is CC(C)(C)OP(=O)(O)OCC(C)(S)OC(=O)CN. The van der Waals surface area contributed by atoms with Gasteiger partial charge in [0.2, 0.25) is 0 Å². The molecule has 0 aliphatic rings. The second kappa shape index (κ2) is 6.36. The zero-order valence-electron chi connectivity index (χ0n) is 10.9. The second-order valence-electron chi connectivity index (χ2n) is 4.80. The summed E-state index contributed by atoms with van der Waals surface area (Å²) in [6.07, 6.45) is 0. The van der Waals surface area contributed by atoms with E-state index in [1.54, 1.807) is 20.8 Å². The van der Waals surface area contributed by atoms with E-state index in [1.807, 2.05) is 0 Å². The molecule has 0 spiro atoms. The minimum atomic E-state index is -4.23. The Balaban J connectivity index is 4.38. The molecule has 0 fully saturated rings. The highest BCUT2D eigenvalue weighted by molar-refractivity contribution is 7.81. The number of hydrogen-bond donors (Lipinski definition) is 3. The fraction of sp³-hybridized carbons (Fsp3) is 0.889. The summed E-state index contributed by atoms with van der Waals surface area (Å²) in [5, 5.41) is 0. The molecule has 9 heteroatoms. The standard InChI is InChI=1S/C9H20NO6PS/c1-8(2,3)16-17(12,13)14-6-9(4,18)15-7(11)5-10/h18H,5-6,10H2,1-4H3,(H,12,13). The lowest BCUT2D eigenvalue weighted by atomic mass is 10.2. The van der Waals surface area contributed by atoms with Gasteiger partial charge in [-0.25, -0.2) is 4.57 Å². The molecule has 0 rings (SSSR count). The minimum Gasteiger partial charge on any atom is -0.445 e. The lowest BCUT2D eigenvalue weighted by Gasteiger charge is -2.27. The van der Waals surface area contributed by atoms with Crippen LogP contribution in [0.15, 0.2) is 0 Å². The van der Waals surface area contributed by atoms with Gasteiger partial charge >= 0.3 is 13.8 Å². The molecular weight excluding hydrogens is 281 g/mol. The Kier molecular flexibility index (Phi) is 6.32. The molecule has 0 aromatic heterocycles. The number of carbonyl (C=O) groups is 1. The van der Waals surface area contributed by atoms with E-state index < -0.39 is 30.9 Å². The summed E-state index contributed by atoms with van der Waals surface area (Å²) in [5.41, 5.74) is 4.22. The third-order valence-corrected chi connectivity index (χ3v) is 2.84. The number of ether oxygens (including phenoxy) is 1. The van der Waals surface area contributed by atoms with Crippen LogP contribution < -0.4 is 5.73 Å². The third kappa shape index (κ3) is 8.91. The number of carbonyl (C=O) groups excluding carboxylic acids is 1. The number of esters is 1.